The second-order valence-electron chi connectivity index (χ2n) is 8.78. The van der Waals surface area contributed by atoms with Crippen molar-refractivity contribution in [1.82, 2.24) is 24.9 Å². The van der Waals surface area contributed by atoms with Gasteiger partial charge in [-0.25, -0.2) is 9.78 Å². The van der Waals surface area contributed by atoms with Crippen LogP contribution >= 0.6 is 11.6 Å². The highest BCUT2D eigenvalue weighted by Crippen LogP contribution is 2.37. The van der Waals surface area contributed by atoms with Gasteiger partial charge in [-0.15, -0.1) is 5.10 Å². The Bertz CT molecular complexity index is 1440. The number of aliphatic hydroxyl groups excluding tert-OH is 1. The summed E-state index contributed by atoms with van der Waals surface area (Å²) >= 11 is 6.77. The van der Waals surface area contributed by atoms with Crippen LogP contribution in [0.4, 0.5) is 27.9 Å². The number of nitriles is 2. The number of halogens is 1. The summed E-state index contributed by atoms with van der Waals surface area (Å²) in [5, 5.41) is 43.1. The maximum absolute atomic E-state index is 11.6. The van der Waals surface area contributed by atoms with E-state index in [9.17, 15) is 20.4 Å². The fourth-order valence-electron chi connectivity index (χ4n) is 4.11. The van der Waals surface area contributed by atoms with E-state index in [4.69, 9.17) is 16.3 Å². The molecule has 1 aromatic carbocycles. The number of alkyl carbamates (subject to hydrolysis) is 1. The molecule has 1 aliphatic carbocycles. The fraction of sp³-hybridized carbons (Fsp3) is 0.391. The Morgan fingerprint density at radius 1 is 1.27 bits per heavy atom. The van der Waals surface area contributed by atoms with Crippen molar-refractivity contribution in [2.45, 2.75) is 37.5 Å². The van der Waals surface area contributed by atoms with Crippen LogP contribution in [0.5, 0.6) is 0 Å². The topological polar surface area (TPSA) is 177 Å². The summed E-state index contributed by atoms with van der Waals surface area (Å²) in [5.74, 6) is 0.640. The van der Waals surface area contributed by atoms with Gasteiger partial charge < -0.3 is 30.7 Å². The molecule has 2 atom stereocenters. The smallest absolute Gasteiger partial charge is 0.407 e. The van der Waals surface area contributed by atoms with E-state index in [1.165, 1.54) is 17.8 Å². The summed E-state index contributed by atoms with van der Waals surface area (Å²) < 4.78 is 6.63. The van der Waals surface area contributed by atoms with E-state index in [0.717, 1.165) is 12.8 Å². The quantitative estimate of drug-likeness (QED) is 0.373. The molecule has 0 bridgehead atoms. The van der Waals surface area contributed by atoms with Crippen LogP contribution in [0.15, 0.2) is 18.3 Å². The molecule has 5 rings (SSSR count). The molecule has 3 heterocycles. The SMILES string of the molecule is CNC(=O)O[C@@H]1CCN(c2cc(C#N)cc(Nc3nc(NC4CC4)c4ncc(C#N)n4n3)c2Cl)C[C@H]1O. The Balaban J connectivity index is 1.45. The number of imidazole rings is 1. The molecule has 2 aromatic heterocycles. The number of aromatic nitrogens is 4. The molecule has 2 fully saturated rings. The van der Waals surface area contributed by atoms with Crippen molar-refractivity contribution in [3.8, 4) is 12.1 Å². The zero-order valence-electron chi connectivity index (χ0n) is 19.8. The van der Waals surface area contributed by atoms with Crippen molar-refractivity contribution < 1.29 is 14.6 Å². The average molecular weight is 523 g/mol. The van der Waals surface area contributed by atoms with Gasteiger partial charge >= 0.3 is 6.09 Å². The Hall–Kier alpha value is -4.33. The monoisotopic (exact) mass is 522 g/mol. The second-order valence-corrected chi connectivity index (χ2v) is 9.16. The number of amides is 1. The maximum atomic E-state index is 11.6. The van der Waals surface area contributed by atoms with Gasteiger partial charge in [0.1, 0.15) is 18.3 Å². The predicted molar refractivity (Wildman–Crippen MR) is 134 cm³/mol. The molecule has 37 heavy (non-hydrogen) atoms. The molecule has 3 aromatic rings. The Kier molecular flexibility index (Phi) is 6.56. The first-order valence-electron chi connectivity index (χ1n) is 11.6. The highest BCUT2D eigenvalue weighted by Gasteiger charge is 2.32. The van der Waals surface area contributed by atoms with Gasteiger partial charge in [-0.2, -0.15) is 20.0 Å². The Morgan fingerprint density at radius 3 is 2.76 bits per heavy atom. The normalized spacial score (nSPS) is 19.1. The molecule has 0 spiro atoms. The lowest BCUT2D eigenvalue weighted by Gasteiger charge is -2.37. The van der Waals surface area contributed by atoms with E-state index in [1.54, 1.807) is 12.1 Å². The third-order valence-electron chi connectivity index (χ3n) is 6.15. The van der Waals surface area contributed by atoms with E-state index in [1.807, 2.05) is 4.90 Å². The van der Waals surface area contributed by atoms with Crippen molar-refractivity contribution in [2.75, 3.05) is 35.7 Å². The molecule has 1 aliphatic heterocycles. The molecule has 1 saturated heterocycles. The van der Waals surface area contributed by atoms with Crippen LogP contribution in [-0.4, -0.2) is 69.2 Å². The third-order valence-corrected chi connectivity index (χ3v) is 6.54. The van der Waals surface area contributed by atoms with Gasteiger partial charge in [-0.1, -0.05) is 11.6 Å². The molecule has 1 saturated carbocycles. The molecular formula is C23H23ClN10O3. The molecule has 2 aliphatic rings. The number of β-amino-alcohol motifs (C(OH)–C–C–N with tert-alkyl or cyclic N) is 1. The van der Waals surface area contributed by atoms with E-state index in [-0.39, 0.29) is 24.2 Å². The third kappa shape index (κ3) is 5.00. The van der Waals surface area contributed by atoms with Crippen molar-refractivity contribution in [2.24, 2.45) is 0 Å². The predicted octanol–water partition coefficient (Wildman–Crippen LogP) is 2.13. The van der Waals surface area contributed by atoms with E-state index in [2.05, 4.69) is 43.2 Å². The molecule has 0 unspecified atom stereocenters. The number of benzene rings is 1. The lowest BCUT2D eigenvalue weighted by Crippen LogP contribution is -2.49. The summed E-state index contributed by atoms with van der Waals surface area (Å²) in [6, 6.07) is 7.68. The lowest BCUT2D eigenvalue weighted by molar-refractivity contribution is -0.00641. The van der Waals surface area contributed by atoms with Gasteiger partial charge in [0.05, 0.1) is 34.2 Å². The summed E-state index contributed by atoms with van der Waals surface area (Å²) in [6.45, 7) is 0.583. The van der Waals surface area contributed by atoms with Crippen molar-refractivity contribution in [3.63, 3.8) is 0 Å². The molecule has 14 heteroatoms. The summed E-state index contributed by atoms with van der Waals surface area (Å²) in [6.07, 6.45) is 1.61. The number of ether oxygens (including phenoxy) is 1. The van der Waals surface area contributed by atoms with E-state index < -0.39 is 18.3 Å². The molecular weight excluding hydrogens is 500 g/mol. The number of nitrogens with zero attached hydrogens (tertiary/aromatic N) is 7. The summed E-state index contributed by atoms with van der Waals surface area (Å²) in [5.41, 5.74) is 1.91. The van der Waals surface area contributed by atoms with Crippen LogP contribution in [0.3, 0.4) is 0 Å². The zero-order valence-corrected chi connectivity index (χ0v) is 20.5. The van der Waals surface area contributed by atoms with Gasteiger partial charge in [0.15, 0.2) is 17.2 Å². The zero-order chi connectivity index (χ0) is 26.1. The van der Waals surface area contributed by atoms with Crippen LogP contribution < -0.4 is 20.9 Å². The number of piperidine rings is 1. The van der Waals surface area contributed by atoms with Gasteiger partial charge in [0, 0.05) is 32.6 Å². The van der Waals surface area contributed by atoms with Crippen LogP contribution in [-0.2, 0) is 4.74 Å². The van der Waals surface area contributed by atoms with Crippen molar-refractivity contribution >= 4 is 46.5 Å². The number of rotatable bonds is 6. The first-order chi connectivity index (χ1) is 17.9. The minimum atomic E-state index is -0.947. The molecule has 1 amide bonds. The molecule has 190 valence electrons. The molecule has 4 N–H and O–H groups in total. The van der Waals surface area contributed by atoms with Gasteiger partial charge in [0.2, 0.25) is 5.95 Å². The fourth-order valence-corrected chi connectivity index (χ4v) is 4.38. The number of anilines is 4. The number of hydrogen-bond donors (Lipinski definition) is 4. The van der Waals surface area contributed by atoms with Crippen LogP contribution in [0.2, 0.25) is 5.02 Å². The highest BCUT2D eigenvalue weighted by molar-refractivity contribution is 6.36. The van der Waals surface area contributed by atoms with E-state index in [0.29, 0.717) is 46.4 Å². The number of hydrogen-bond acceptors (Lipinski definition) is 11. The van der Waals surface area contributed by atoms with E-state index >= 15 is 0 Å². The Labute approximate surface area is 216 Å². The van der Waals surface area contributed by atoms with Gasteiger partial charge in [-0.3, -0.25) is 0 Å². The standard InChI is InChI=1S/C23H23ClN10O3/c1-27-23(36)37-18-4-5-33(11-17(18)35)16-7-12(8-25)6-15(19(16)24)30-22-31-20(29-13-2-3-13)21-28-10-14(9-26)34(21)32-22/h6-7,10,13,17-18,35H,2-5,11H2,1H3,(H,27,36)(H2,29,30,31,32)/t17-,18-/m1/s1. The molecule has 0 radical (unpaired) electrons. The average Bonchev–Trinajstić information content (AvgIpc) is 3.62. The van der Waals surface area contributed by atoms with Crippen LogP contribution in [0, 0.1) is 22.7 Å². The maximum Gasteiger partial charge on any atom is 0.407 e. The first kappa shape index (κ1) is 24.4. The van der Waals surface area contributed by atoms with Crippen molar-refractivity contribution in [1.29, 1.82) is 10.5 Å². The summed E-state index contributed by atoms with van der Waals surface area (Å²) in [4.78, 5) is 22.2. The number of carbonyl (C=O) groups is 1. The van der Waals surface area contributed by atoms with Crippen LogP contribution in [0.25, 0.3) is 5.65 Å². The minimum Gasteiger partial charge on any atom is -0.443 e. The second kappa shape index (κ2) is 9.97. The highest BCUT2D eigenvalue weighted by atomic mass is 35.5. The van der Waals surface area contributed by atoms with Crippen molar-refractivity contribution in [3.05, 3.63) is 34.6 Å². The Morgan fingerprint density at radius 2 is 2.08 bits per heavy atom. The first-order valence-corrected chi connectivity index (χ1v) is 12.0. The number of fused-ring (bicyclic) bond motifs is 1. The number of nitrogens with one attached hydrogen (secondary N) is 3. The number of carbonyl (C=O) groups excluding carboxylic acids is 1. The minimum absolute atomic E-state index is 0.147. The largest absolute Gasteiger partial charge is 0.443 e. The summed E-state index contributed by atoms with van der Waals surface area (Å²) in [7, 11) is 1.45. The lowest BCUT2D eigenvalue weighted by atomic mass is 10.0. The van der Waals surface area contributed by atoms with Gasteiger partial charge in [-0.05, 0) is 25.0 Å². The number of aliphatic hydroxyl groups is 1. The van der Waals surface area contributed by atoms with Crippen LogP contribution in [0.1, 0.15) is 30.5 Å². The van der Waals surface area contributed by atoms with Gasteiger partial charge in [0.25, 0.3) is 0 Å². The molecule has 13 nitrogen and oxygen atoms in total.